The van der Waals surface area contributed by atoms with Crippen LogP contribution in [0.3, 0.4) is 0 Å². The minimum Gasteiger partial charge on any atom is -0.384 e. The number of nitrogens with zero attached hydrogens (tertiary/aromatic N) is 3. The van der Waals surface area contributed by atoms with Gasteiger partial charge >= 0.3 is 0 Å². The molecule has 0 radical (unpaired) electrons. The monoisotopic (exact) mass is 349 g/mol. The molecule has 0 saturated carbocycles. The van der Waals surface area contributed by atoms with Crippen LogP contribution in [-0.4, -0.2) is 14.5 Å². The summed E-state index contributed by atoms with van der Waals surface area (Å²) < 4.78 is 1.38. The number of nitrogen functional groups attached to an aromatic ring is 1. The molecule has 0 aliphatic heterocycles. The van der Waals surface area contributed by atoms with E-state index in [0.29, 0.717) is 27.9 Å². The molecule has 0 bridgehead atoms. The number of aromatic nitrogens is 3. The molecule has 0 fully saturated rings. The van der Waals surface area contributed by atoms with E-state index in [1.165, 1.54) is 10.8 Å². The molecule has 0 spiro atoms. The van der Waals surface area contributed by atoms with E-state index in [1.54, 1.807) is 31.2 Å². The van der Waals surface area contributed by atoms with Crippen molar-refractivity contribution in [3.63, 3.8) is 0 Å². The zero-order valence-corrected chi connectivity index (χ0v) is 13.6. The van der Waals surface area contributed by atoms with Crippen LogP contribution in [0.1, 0.15) is 18.8 Å². The smallest absolute Gasteiger partial charge is 0.267 e. The van der Waals surface area contributed by atoms with E-state index in [4.69, 9.17) is 34.7 Å². The first-order valence-corrected chi connectivity index (χ1v) is 7.54. The summed E-state index contributed by atoms with van der Waals surface area (Å²) in [5.41, 5.74) is 12.1. The highest BCUT2D eigenvalue weighted by Gasteiger charge is 2.19. The summed E-state index contributed by atoms with van der Waals surface area (Å²) in [5, 5.41) is 0.849. The molecule has 2 heterocycles. The van der Waals surface area contributed by atoms with Gasteiger partial charge in [-0.05, 0) is 31.2 Å². The molecule has 1 unspecified atom stereocenters. The Bertz CT molecular complexity index is 951. The molecular formula is C15H13Cl2N5O. The first kappa shape index (κ1) is 15.7. The number of pyridine rings is 1. The van der Waals surface area contributed by atoms with Crippen LogP contribution in [0.2, 0.25) is 10.0 Å². The van der Waals surface area contributed by atoms with Crippen molar-refractivity contribution in [2.45, 2.75) is 13.0 Å². The third-order valence-corrected chi connectivity index (χ3v) is 4.01. The average Bonchev–Trinajstić information content (AvgIpc) is 2.51. The van der Waals surface area contributed by atoms with Crippen LogP contribution >= 0.6 is 23.2 Å². The zero-order chi connectivity index (χ0) is 16.7. The van der Waals surface area contributed by atoms with Crippen LogP contribution < -0.4 is 17.0 Å². The fraction of sp³-hybridized carbons (Fsp3) is 0.133. The number of nitrogens with two attached hydrogens (primary N) is 2. The third-order valence-electron chi connectivity index (χ3n) is 3.39. The Morgan fingerprint density at radius 2 is 1.87 bits per heavy atom. The van der Waals surface area contributed by atoms with E-state index in [2.05, 4.69) is 9.97 Å². The average molecular weight is 350 g/mol. The van der Waals surface area contributed by atoms with E-state index < -0.39 is 6.04 Å². The van der Waals surface area contributed by atoms with Crippen molar-refractivity contribution in [2.24, 2.45) is 5.73 Å². The second-order valence-electron chi connectivity index (χ2n) is 5.09. The van der Waals surface area contributed by atoms with Crippen LogP contribution in [0.5, 0.6) is 0 Å². The lowest BCUT2D eigenvalue weighted by atomic mass is 10.2. The van der Waals surface area contributed by atoms with Gasteiger partial charge in [0.25, 0.3) is 5.56 Å². The Hall–Kier alpha value is -2.15. The second kappa shape index (κ2) is 5.81. The topological polar surface area (TPSA) is 99.8 Å². The van der Waals surface area contributed by atoms with Gasteiger partial charge in [-0.2, -0.15) is 0 Å². The predicted octanol–water partition coefficient (Wildman–Crippen LogP) is 2.69. The van der Waals surface area contributed by atoms with Gasteiger partial charge in [-0.25, -0.2) is 9.97 Å². The highest BCUT2D eigenvalue weighted by Crippen LogP contribution is 2.27. The van der Waals surface area contributed by atoms with Crippen molar-refractivity contribution in [3.05, 3.63) is 56.7 Å². The molecule has 118 valence electrons. The van der Waals surface area contributed by atoms with Gasteiger partial charge in [0, 0.05) is 0 Å². The molecule has 1 aromatic carbocycles. The van der Waals surface area contributed by atoms with E-state index in [0.717, 1.165) is 0 Å². The summed E-state index contributed by atoms with van der Waals surface area (Å²) in [4.78, 5) is 21.4. The molecule has 6 nitrogen and oxygen atoms in total. The Labute approximate surface area is 141 Å². The molecule has 0 aliphatic rings. The van der Waals surface area contributed by atoms with E-state index >= 15 is 0 Å². The number of anilines is 1. The van der Waals surface area contributed by atoms with Crippen LogP contribution in [0, 0.1) is 0 Å². The summed E-state index contributed by atoms with van der Waals surface area (Å²) in [6, 6.07) is 5.92. The lowest BCUT2D eigenvalue weighted by Gasteiger charge is -2.16. The van der Waals surface area contributed by atoms with Crippen molar-refractivity contribution in [1.82, 2.24) is 14.5 Å². The second-order valence-corrected chi connectivity index (χ2v) is 5.91. The number of hydrogen-bond donors (Lipinski definition) is 2. The summed E-state index contributed by atoms with van der Waals surface area (Å²) in [7, 11) is 0. The molecular weight excluding hydrogens is 337 g/mol. The maximum Gasteiger partial charge on any atom is 0.267 e. The van der Waals surface area contributed by atoms with Gasteiger partial charge in [-0.3, -0.25) is 9.36 Å². The maximum atomic E-state index is 13.0. The van der Waals surface area contributed by atoms with Crippen LogP contribution in [0.15, 0.2) is 35.3 Å². The Kier molecular flexibility index (Phi) is 3.97. The van der Waals surface area contributed by atoms with Gasteiger partial charge in [0.1, 0.15) is 11.6 Å². The van der Waals surface area contributed by atoms with E-state index in [9.17, 15) is 4.79 Å². The largest absolute Gasteiger partial charge is 0.384 e. The molecule has 23 heavy (non-hydrogen) atoms. The zero-order valence-electron chi connectivity index (χ0n) is 12.1. The van der Waals surface area contributed by atoms with Crippen molar-refractivity contribution >= 4 is 39.9 Å². The number of rotatable bonds is 2. The molecule has 4 N–H and O–H groups in total. The van der Waals surface area contributed by atoms with Gasteiger partial charge in [-0.1, -0.05) is 23.2 Å². The van der Waals surface area contributed by atoms with Gasteiger partial charge in [0.05, 0.1) is 38.9 Å². The number of benzene rings is 1. The van der Waals surface area contributed by atoms with Crippen LogP contribution in [0.4, 0.5) is 5.82 Å². The van der Waals surface area contributed by atoms with Gasteiger partial charge in [0.15, 0.2) is 0 Å². The molecule has 2 aromatic heterocycles. The van der Waals surface area contributed by atoms with Gasteiger partial charge in [-0.15, -0.1) is 0 Å². The van der Waals surface area contributed by atoms with E-state index in [-0.39, 0.29) is 16.0 Å². The minimum atomic E-state index is -0.500. The molecule has 0 saturated heterocycles. The first-order chi connectivity index (χ1) is 10.9. The quantitative estimate of drug-likeness (QED) is 0.740. The molecule has 0 aliphatic carbocycles. The number of hydrogen-bond acceptors (Lipinski definition) is 5. The molecule has 8 heteroatoms. The highest BCUT2D eigenvalue weighted by molar-refractivity contribution is 6.39. The Balaban J connectivity index is 2.47. The molecule has 0 amide bonds. The summed E-state index contributed by atoms with van der Waals surface area (Å²) >= 11 is 12.3. The van der Waals surface area contributed by atoms with Crippen LogP contribution in [0.25, 0.3) is 16.6 Å². The SMILES string of the molecule is CC(N)c1nc2c(Cl)ccc(Cl)c2c(=O)n1-c1ccc(N)nc1. The fourth-order valence-corrected chi connectivity index (χ4v) is 2.75. The number of halogens is 2. The molecule has 3 rings (SSSR count). The maximum absolute atomic E-state index is 13.0. The van der Waals surface area contributed by atoms with Gasteiger partial charge in [0.2, 0.25) is 0 Å². The molecule has 3 aromatic rings. The summed E-state index contributed by atoms with van der Waals surface area (Å²) in [6.07, 6.45) is 1.48. The summed E-state index contributed by atoms with van der Waals surface area (Å²) in [5.74, 6) is 0.706. The Morgan fingerprint density at radius 3 is 2.48 bits per heavy atom. The van der Waals surface area contributed by atoms with Crippen LogP contribution in [-0.2, 0) is 0 Å². The third kappa shape index (κ3) is 2.65. The molecule has 1 atom stereocenters. The fourth-order valence-electron chi connectivity index (χ4n) is 2.32. The lowest BCUT2D eigenvalue weighted by Crippen LogP contribution is -2.27. The summed E-state index contributed by atoms with van der Waals surface area (Å²) in [6.45, 7) is 1.73. The standard InChI is InChI=1S/C15H13Cl2N5O/c1-7(18)14-21-13-10(17)4-3-9(16)12(13)15(23)22(14)8-2-5-11(19)20-6-8/h2-7H,18H2,1H3,(H2,19,20). The minimum absolute atomic E-state index is 0.236. The Morgan fingerprint density at radius 1 is 1.17 bits per heavy atom. The first-order valence-electron chi connectivity index (χ1n) is 6.78. The van der Waals surface area contributed by atoms with Crippen molar-refractivity contribution in [2.75, 3.05) is 5.73 Å². The van der Waals surface area contributed by atoms with Crippen molar-refractivity contribution < 1.29 is 0 Å². The predicted molar refractivity (Wildman–Crippen MR) is 92.2 cm³/mol. The highest BCUT2D eigenvalue weighted by atomic mass is 35.5. The number of fused-ring (bicyclic) bond motifs is 1. The van der Waals surface area contributed by atoms with Crippen molar-refractivity contribution in [3.8, 4) is 5.69 Å². The lowest BCUT2D eigenvalue weighted by molar-refractivity contribution is 0.695. The van der Waals surface area contributed by atoms with Gasteiger partial charge < -0.3 is 11.5 Å². The normalized spacial score (nSPS) is 12.5. The van der Waals surface area contributed by atoms with Crippen molar-refractivity contribution in [1.29, 1.82) is 0 Å². The van der Waals surface area contributed by atoms with E-state index in [1.807, 2.05) is 0 Å².